The SMILES string of the molecule is CCCc1c(O)c(CC)nn1-c1ccc(C)cc1. The van der Waals surface area contributed by atoms with Gasteiger partial charge < -0.3 is 5.11 Å². The summed E-state index contributed by atoms with van der Waals surface area (Å²) < 4.78 is 1.87. The van der Waals surface area contributed by atoms with Gasteiger partial charge in [0.25, 0.3) is 0 Å². The molecule has 1 aromatic heterocycles. The van der Waals surface area contributed by atoms with Crippen molar-refractivity contribution in [3.63, 3.8) is 0 Å². The molecule has 1 heterocycles. The van der Waals surface area contributed by atoms with Crippen LogP contribution in [0.25, 0.3) is 5.69 Å². The summed E-state index contributed by atoms with van der Waals surface area (Å²) in [5.74, 6) is 0.361. The number of nitrogens with zero attached hydrogens (tertiary/aromatic N) is 2. The summed E-state index contributed by atoms with van der Waals surface area (Å²) in [6.45, 7) is 6.18. The zero-order valence-corrected chi connectivity index (χ0v) is 11.3. The Morgan fingerprint density at radius 1 is 1.17 bits per heavy atom. The summed E-state index contributed by atoms with van der Waals surface area (Å²) in [5, 5.41) is 14.7. The zero-order chi connectivity index (χ0) is 13.1. The van der Waals surface area contributed by atoms with Crippen molar-refractivity contribution in [1.29, 1.82) is 0 Å². The minimum Gasteiger partial charge on any atom is -0.504 e. The first-order valence-electron chi connectivity index (χ1n) is 6.54. The van der Waals surface area contributed by atoms with Gasteiger partial charge >= 0.3 is 0 Å². The third-order valence-electron chi connectivity index (χ3n) is 3.12. The van der Waals surface area contributed by atoms with Gasteiger partial charge in [-0.3, -0.25) is 0 Å². The van der Waals surface area contributed by atoms with E-state index in [0.717, 1.165) is 36.3 Å². The fourth-order valence-electron chi connectivity index (χ4n) is 2.09. The molecule has 0 radical (unpaired) electrons. The predicted molar refractivity (Wildman–Crippen MR) is 73.3 cm³/mol. The van der Waals surface area contributed by atoms with Crippen LogP contribution in [0.2, 0.25) is 0 Å². The molecule has 0 aliphatic rings. The first-order valence-corrected chi connectivity index (χ1v) is 6.54. The van der Waals surface area contributed by atoms with E-state index in [0.29, 0.717) is 5.75 Å². The molecule has 1 N–H and O–H groups in total. The summed E-state index contributed by atoms with van der Waals surface area (Å²) in [5.41, 5.74) is 3.93. The summed E-state index contributed by atoms with van der Waals surface area (Å²) in [7, 11) is 0. The molecule has 18 heavy (non-hydrogen) atoms. The maximum absolute atomic E-state index is 10.2. The molecule has 3 heteroatoms. The van der Waals surface area contributed by atoms with E-state index in [-0.39, 0.29) is 0 Å². The number of aryl methyl sites for hydroxylation is 2. The topological polar surface area (TPSA) is 38.1 Å². The zero-order valence-electron chi connectivity index (χ0n) is 11.3. The second-order valence-corrected chi connectivity index (χ2v) is 4.59. The smallest absolute Gasteiger partial charge is 0.160 e. The van der Waals surface area contributed by atoms with Crippen molar-refractivity contribution >= 4 is 0 Å². The molecule has 2 aromatic rings. The van der Waals surface area contributed by atoms with E-state index in [9.17, 15) is 5.11 Å². The number of aromatic hydroxyl groups is 1. The van der Waals surface area contributed by atoms with Gasteiger partial charge in [0.05, 0.1) is 11.4 Å². The van der Waals surface area contributed by atoms with E-state index in [4.69, 9.17) is 0 Å². The highest BCUT2D eigenvalue weighted by atomic mass is 16.3. The lowest BCUT2D eigenvalue weighted by Gasteiger charge is -2.07. The lowest BCUT2D eigenvalue weighted by Crippen LogP contribution is -2.02. The average Bonchev–Trinajstić information content (AvgIpc) is 2.69. The van der Waals surface area contributed by atoms with Crippen molar-refractivity contribution < 1.29 is 5.11 Å². The molecular formula is C15H20N2O. The van der Waals surface area contributed by atoms with Crippen molar-refractivity contribution in [1.82, 2.24) is 9.78 Å². The van der Waals surface area contributed by atoms with Crippen molar-refractivity contribution in [2.75, 3.05) is 0 Å². The van der Waals surface area contributed by atoms with E-state index >= 15 is 0 Å². The third kappa shape index (κ3) is 2.26. The number of rotatable bonds is 4. The average molecular weight is 244 g/mol. The fraction of sp³-hybridized carbons (Fsp3) is 0.400. The molecule has 3 nitrogen and oxygen atoms in total. The minimum absolute atomic E-state index is 0.361. The standard InChI is InChI=1S/C15H20N2O/c1-4-6-14-15(18)13(5-2)16-17(14)12-9-7-11(3)8-10-12/h7-10,18H,4-6H2,1-3H3. The van der Waals surface area contributed by atoms with E-state index in [1.54, 1.807) is 0 Å². The maximum Gasteiger partial charge on any atom is 0.160 e. The van der Waals surface area contributed by atoms with Crippen LogP contribution in [0.15, 0.2) is 24.3 Å². The quantitative estimate of drug-likeness (QED) is 0.895. The van der Waals surface area contributed by atoms with Crippen molar-refractivity contribution in [2.24, 2.45) is 0 Å². The number of aromatic nitrogens is 2. The van der Waals surface area contributed by atoms with Crippen molar-refractivity contribution in [3.8, 4) is 11.4 Å². The Labute approximate surface area is 108 Å². The first-order chi connectivity index (χ1) is 8.67. The van der Waals surface area contributed by atoms with Gasteiger partial charge in [-0.1, -0.05) is 38.0 Å². The molecule has 0 aliphatic carbocycles. The lowest BCUT2D eigenvalue weighted by atomic mass is 10.2. The molecule has 0 saturated carbocycles. The Hall–Kier alpha value is -1.77. The Morgan fingerprint density at radius 3 is 2.39 bits per heavy atom. The molecule has 0 fully saturated rings. The van der Waals surface area contributed by atoms with Crippen LogP contribution in [0.1, 0.15) is 37.2 Å². The molecular weight excluding hydrogens is 224 g/mol. The van der Waals surface area contributed by atoms with Crippen LogP contribution in [0.5, 0.6) is 5.75 Å². The molecule has 0 unspecified atom stereocenters. The van der Waals surface area contributed by atoms with Gasteiger partial charge in [0.2, 0.25) is 0 Å². The molecule has 1 aromatic carbocycles. The van der Waals surface area contributed by atoms with E-state index < -0.39 is 0 Å². The molecule has 0 atom stereocenters. The molecule has 0 spiro atoms. The summed E-state index contributed by atoms with van der Waals surface area (Å²) in [6.07, 6.45) is 2.59. The van der Waals surface area contributed by atoms with Gasteiger partial charge in [-0.05, 0) is 31.9 Å². The van der Waals surface area contributed by atoms with E-state index in [1.807, 2.05) is 23.7 Å². The van der Waals surface area contributed by atoms with Gasteiger partial charge in [-0.25, -0.2) is 4.68 Å². The number of hydrogen-bond donors (Lipinski definition) is 1. The van der Waals surface area contributed by atoms with Crippen LogP contribution in [0, 0.1) is 6.92 Å². The third-order valence-corrected chi connectivity index (χ3v) is 3.12. The lowest BCUT2D eigenvalue weighted by molar-refractivity contribution is 0.460. The van der Waals surface area contributed by atoms with Gasteiger partial charge in [-0.2, -0.15) is 5.10 Å². The van der Waals surface area contributed by atoms with Gasteiger partial charge in [0.15, 0.2) is 5.75 Å². The molecule has 0 saturated heterocycles. The predicted octanol–water partition coefficient (Wildman–Crippen LogP) is 3.40. The highest BCUT2D eigenvalue weighted by molar-refractivity contribution is 5.41. The first kappa shape index (κ1) is 12.7. The Morgan fingerprint density at radius 2 is 1.83 bits per heavy atom. The van der Waals surface area contributed by atoms with Crippen LogP contribution < -0.4 is 0 Å². The second kappa shape index (κ2) is 5.25. The van der Waals surface area contributed by atoms with Gasteiger partial charge in [0.1, 0.15) is 5.69 Å². The van der Waals surface area contributed by atoms with Crippen LogP contribution in [0.4, 0.5) is 0 Å². The molecule has 0 bridgehead atoms. The van der Waals surface area contributed by atoms with Gasteiger partial charge in [0, 0.05) is 0 Å². The van der Waals surface area contributed by atoms with E-state index in [2.05, 4.69) is 31.1 Å². The summed E-state index contributed by atoms with van der Waals surface area (Å²) in [4.78, 5) is 0. The second-order valence-electron chi connectivity index (χ2n) is 4.59. The Kier molecular flexibility index (Phi) is 3.70. The van der Waals surface area contributed by atoms with Crippen LogP contribution in [0.3, 0.4) is 0 Å². The Bertz CT molecular complexity index is 526. The fourth-order valence-corrected chi connectivity index (χ4v) is 2.09. The molecule has 0 aliphatic heterocycles. The van der Waals surface area contributed by atoms with E-state index in [1.165, 1.54) is 5.56 Å². The largest absolute Gasteiger partial charge is 0.504 e. The van der Waals surface area contributed by atoms with Crippen molar-refractivity contribution in [3.05, 3.63) is 41.2 Å². The van der Waals surface area contributed by atoms with Gasteiger partial charge in [-0.15, -0.1) is 0 Å². The molecule has 2 rings (SSSR count). The normalized spacial score (nSPS) is 10.8. The number of hydrogen-bond acceptors (Lipinski definition) is 2. The molecule has 96 valence electrons. The minimum atomic E-state index is 0.361. The molecule has 0 amide bonds. The summed E-state index contributed by atoms with van der Waals surface area (Å²) in [6, 6.07) is 8.21. The monoisotopic (exact) mass is 244 g/mol. The van der Waals surface area contributed by atoms with Crippen molar-refractivity contribution in [2.45, 2.75) is 40.0 Å². The van der Waals surface area contributed by atoms with Crippen LogP contribution in [-0.2, 0) is 12.8 Å². The maximum atomic E-state index is 10.2. The highest BCUT2D eigenvalue weighted by Gasteiger charge is 2.16. The Balaban J connectivity index is 2.51. The van der Waals surface area contributed by atoms with Crippen LogP contribution in [-0.4, -0.2) is 14.9 Å². The van der Waals surface area contributed by atoms with Crippen LogP contribution >= 0.6 is 0 Å². The number of benzene rings is 1. The highest BCUT2D eigenvalue weighted by Crippen LogP contribution is 2.26. The summed E-state index contributed by atoms with van der Waals surface area (Å²) >= 11 is 0.